The third-order valence-corrected chi connectivity index (χ3v) is 1.78. The summed E-state index contributed by atoms with van der Waals surface area (Å²) in [5.41, 5.74) is 4.87. The fraction of sp³-hybridized carbons (Fsp3) is 0.300. The normalized spacial score (nSPS) is 11.2. The largest absolute Gasteiger partial charge is 0.468 e. The average molecular weight is 213 g/mol. The zero-order chi connectivity index (χ0) is 10.4. The smallest absolute Gasteiger partial charge is 0.304 e. The van der Waals surface area contributed by atoms with Crippen molar-refractivity contribution in [3.05, 3.63) is 29.8 Å². The Hall–Kier alpha value is -1.22. The number of hydrogen-bond donors (Lipinski definition) is 1. The molecule has 3 nitrogen and oxygen atoms in total. The Morgan fingerprint density at radius 2 is 2.07 bits per heavy atom. The summed E-state index contributed by atoms with van der Waals surface area (Å²) in [6.07, 6.45) is 0. The highest BCUT2D eigenvalue weighted by molar-refractivity contribution is 6.62. The molecule has 4 heteroatoms. The second-order valence-electron chi connectivity index (χ2n) is 2.78. The fourth-order valence-corrected chi connectivity index (χ4v) is 1.04. The number of hydrazone groups is 1. The van der Waals surface area contributed by atoms with E-state index in [9.17, 15) is 0 Å². The number of rotatable bonds is 3. The van der Waals surface area contributed by atoms with Gasteiger partial charge < -0.3 is 4.74 Å². The predicted octanol–water partition coefficient (Wildman–Crippen LogP) is 2.95. The maximum Gasteiger partial charge on any atom is 0.304 e. The van der Waals surface area contributed by atoms with Crippen LogP contribution < -0.4 is 5.43 Å². The van der Waals surface area contributed by atoms with Gasteiger partial charge in [0.1, 0.15) is 0 Å². The first kappa shape index (κ1) is 10.9. The van der Waals surface area contributed by atoms with E-state index in [0.717, 1.165) is 5.69 Å². The topological polar surface area (TPSA) is 33.6 Å². The molecule has 0 radical (unpaired) electrons. The van der Waals surface area contributed by atoms with Gasteiger partial charge in [-0.2, -0.15) is 0 Å². The number of aryl methyl sites for hydroxylation is 1. The molecule has 1 aromatic rings. The van der Waals surface area contributed by atoms with Crippen molar-refractivity contribution in [2.24, 2.45) is 5.10 Å². The first-order chi connectivity index (χ1) is 6.72. The minimum Gasteiger partial charge on any atom is -0.468 e. The van der Waals surface area contributed by atoms with Gasteiger partial charge in [-0.15, -0.1) is 5.10 Å². The molecule has 0 bridgehead atoms. The lowest BCUT2D eigenvalue weighted by Crippen LogP contribution is -1.99. The molecule has 1 N–H and O–H groups in total. The second-order valence-corrected chi connectivity index (χ2v) is 3.10. The Kier molecular flexibility index (Phi) is 4.26. The van der Waals surface area contributed by atoms with Gasteiger partial charge in [0.25, 0.3) is 0 Å². The third kappa shape index (κ3) is 3.66. The molecule has 0 saturated carbocycles. The minimum absolute atomic E-state index is 0.119. The Balaban J connectivity index is 2.53. The molecule has 14 heavy (non-hydrogen) atoms. The first-order valence-corrected chi connectivity index (χ1v) is 4.79. The van der Waals surface area contributed by atoms with Crippen molar-refractivity contribution in [1.82, 2.24) is 0 Å². The van der Waals surface area contributed by atoms with Crippen LogP contribution in [0.25, 0.3) is 0 Å². The van der Waals surface area contributed by atoms with Gasteiger partial charge in [0.05, 0.1) is 12.3 Å². The summed E-state index contributed by atoms with van der Waals surface area (Å²) in [6.45, 7) is 4.39. The van der Waals surface area contributed by atoms with Gasteiger partial charge in [-0.3, -0.25) is 5.43 Å². The second kappa shape index (κ2) is 5.50. The van der Waals surface area contributed by atoms with Crippen LogP contribution in [0, 0.1) is 6.92 Å². The molecule has 0 saturated heterocycles. The van der Waals surface area contributed by atoms with Crippen LogP contribution in [0.3, 0.4) is 0 Å². The van der Waals surface area contributed by atoms with Gasteiger partial charge >= 0.3 is 5.36 Å². The zero-order valence-corrected chi connectivity index (χ0v) is 9.01. The maximum atomic E-state index is 5.63. The summed E-state index contributed by atoms with van der Waals surface area (Å²) < 4.78 is 4.94. The Bertz CT molecular complexity index is 308. The van der Waals surface area contributed by atoms with Gasteiger partial charge in [-0.25, -0.2) is 0 Å². The van der Waals surface area contributed by atoms with E-state index >= 15 is 0 Å². The summed E-state index contributed by atoms with van der Waals surface area (Å²) in [6, 6.07) is 7.84. The molecule has 0 spiro atoms. The number of nitrogens with one attached hydrogen (secondary N) is 1. The van der Waals surface area contributed by atoms with E-state index in [1.54, 1.807) is 0 Å². The monoisotopic (exact) mass is 212 g/mol. The van der Waals surface area contributed by atoms with Gasteiger partial charge in [-0.1, -0.05) is 17.7 Å². The van der Waals surface area contributed by atoms with E-state index in [1.165, 1.54) is 5.56 Å². The van der Waals surface area contributed by atoms with E-state index in [4.69, 9.17) is 16.3 Å². The lowest BCUT2D eigenvalue weighted by atomic mass is 10.2. The number of benzene rings is 1. The van der Waals surface area contributed by atoms with Crippen LogP contribution in [0.1, 0.15) is 12.5 Å². The fourth-order valence-electron chi connectivity index (χ4n) is 0.888. The van der Waals surface area contributed by atoms with Crippen molar-refractivity contribution in [2.75, 3.05) is 12.0 Å². The number of anilines is 1. The number of nitrogens with zero attached hydrogens (tertiary/aromatic N) is 1. The molecule has 1 rings (SSSR count). The van der Waals surface area contributed by atoms with E-state index in [1.807, 2.05) is 38.1 Å². The number of ether oxygens (including phenoxy) is 1. The van der Waals surface area contributed by atoms with Crippen molar-refractivity contribution >= 4 is 22.6 Å². The third-order valence-electron chi connectivity index (χ3n) is 1.59. The van der Waals surface area contributed by atoms with Crippen molar-refractivity contribution in [1.29, 1.82) is 0 Å². The molecule has 0 aliphatic carbocycles. The summed E-state index contributed by atoms with van der Waals surface area (Å²) in [5, 5.41) is 3.94. The van der Waals surface area contributed by atoms with Crippen LogP contribution in [-0.4, -0.2) is 12.0 Å². The molecule has 0 aliphatic heterocycles. The minimum atomic E-state index is 0.119. The Labute approximate surface area is 88.7 Å². The standard InChI is InChI=1S/C10H13ClN2O/c1-3-14-10(11)13-12-9-6-4-8(2)5-7-9/h4-7,12H,3H2,1-2H3/b13-10+. The van der Waals surface area contributed by atoms with Crippen LogP contribution in [0.4, 0.5) is 5.69 Å². The molecule has 0 fully saturated rings. The molecule has 0 atom stereocenters. The molecule has 0 unspecified atom stereocenters. The molecule has 0 aromatic heterocycles. The van der Waals surface area contributed by atoms with Gasteiger partial charge in [0, 0.05) is 0 Å². The number of hydrogen-bond acceptors (Lipinski definition) is 3. The van der Waals surface area contributed by atoms with Gasteiger partial charge in [0.2, 0.25) is 0 Å². The average Bonchev–Trinajstić information content (AvgIpc) is 2.17. The van der Waals surface area contributed by atoms with Crippen molar-refractivity contribution in [3.8, 4) is 0 Å². The summed E-state index contributed by atoms with van der Waals surface area (Å²) in [7, 11) is 0. The Morgan fingerprint density at radius 1 is 1.43 bits per heavy atom. The highest BCUT2D eigenvalue weighted by Gasteiger charge is 1.92. The quantitative estimate of drug-likeness (QED) is 0.475. The SMILES string of the molecule is CCO/C(Cl)=N/Nc1ccc(C)cc1. The van der Waals surface area contributed by atoms with Crippen LogP contribution in [0.15, 0.2) is 29.4 Å². The molecular formula is C10H13ClN2O. The summed E-state index contributed by atoms with van der Waals surface area (Å²) >= 11 is 5.63. The van der Waals surface area contributed by atoms with Crippen molar-refractivity contribution in [2.45, 2.75) is 13.8 Å². The van der Waals surface area contributed by atoms with Gasteiger partial charge in [-0.05, 0) is 37.6 Å². The van der Waals surface area contributed by atoms with E-state index < -0.39 is 0 Å². The van der Waals surface area contributed by atoms with E-state index in [-0.39, 0.29) is 5.36 Å². The van der Waals surface area contributed by atoms with Crippen LogP contribution in [0.2, 0.25) is 0 Å². The van der Waals surface area contributed by atoms with Crippen molar-refractivity contribution in [3.63, 3.8) is 0 Å². The first-order valence-electron chi connectivity index (χ1n) is 4.41. The Morgan fingerprint density at radius 3 is 2.64 bits per heavy atom. The maximum absolute atomic E-state index is 5.63. The predicted molar refractivity (Wildman–Crippen MR) is 59.7 cm³/mol. The molecule has 1 aromatic carbocycles. The number of halogens is 1. The lowest BCUT2D eigenvalue weighted by Gasteiger charge is -2.02. The summed E-state index contributed by atoms with van der Waals surface area (Å²) in [4.78, 5) is 0. The molecule has 76 valence electrons. The van der Waals surface area contributed by atoms with Crippen LogP contribution in [0.5, 0.6) is 0 Å². The molecule has 0 heterocycles. The highest BCUT2D eigenvalue weighted by Crippen LogP contribution is 2.08. The van der Waals surface area contributed by atoms with E-state index in [0.29, 0.717) is 6.61 Å². The molecule has 0 aliphatic rings. The summed E-state index contributed by atoms with van der Waals surface area (Å²) in [5.74, 6) is 0. The van der Waals surface area contributed by atoms with Crippen molar-refractivity contribution < 1.29 is 4.74 Å². The zero-order valence-electron chi connectivity index (χ0n) is 8.25. The molecule has 0 amide bonds. The van der Waals surface area contributed by atoms with Crippen LogP contribution >= 0.6 is 11.6 Å². The molecular weight excluding hydrogens is 200 g/mol. The lowest BCUT2D eigenvalue weighted by molar-refractivity contribution is 0.336. The highest BCUT2D eigenvalue weighted by atomic mass is 35.5. The van der Waals surface area contributed by atoms with Crippen LogP contribution in [-0.2, 0) is 4.74 Å². The van der Waals surface area contributed by atoms with E-state index in [2.05, 4.69) is 10.5 Å². The van der Waals surface area contributed by atoms with Gasteiger partial charge in [0.15, 0.2) is 0 Å².